The van der Waals surface area contributed by atoms with Crippen molar-refractivity contribution in [1.82, 2.24) is 9.55 Å². The summed E-state index contributed by atoms with van der Waals surface area (Å²) in [6, 6.07) is 10.3. The van der Waals surface area contributed by atoms with Crippen LogP contribution in [0.5, 0.6) is 5.75 Å². The van der Waals surface area contributed by atoms with Crippen LogP contribution < -0.4 is 4.74 Å². The van der Waals surface area contributed by atoms with Gasteiger partial charge < -0.3 is 14.9 Å². The highest BCUT2D eigenvalue weighted by atomic mass is 35.5. The number of aliphatic hydroxyl groups excluding tert-OH is 2. The van der Waals surface area contributed by atoms with E-state index >= 15 is 0 Å². The lowest BCUT2D eigenvalue weighted by atomic mass is 10.1. The van der Waals surface area contributed by atoms with Gasteiger partial charge in [-0.05, 0) is 42.5 Å². The monoisotopic (exact) mass is 440 g/mol. The molecule has 2 N–H and O–H groups in total. The summed E-state index contributed by atoms with van der Waals surface area (Å²) >= 11 is 6.20. The van der Waals surface area contributed by atoms with E-state index in [1.54, 1.807) is 22.8 Å². The number of hydrogen-bond donors (Lipinski definition) is 2. The average Bonchev–Trinajstić information content (AvgIpc) is 3.07. The molecule has 7 nitrogen and oxygen atoms in total. The van der Waals surface area contributed by atoms with Gasteiger partial charge in [-0.3, -0.25) is 4.57 Å². The fraction of sp³-hybridized carbons (Fsp3) is 0.211. The Labute approximate surface area is 171 Å². The Morgan fingerprint density at radius 1 is 1.24 bits per heavy atom. The van der Waals surface area contributed by atoms with Crippen molar-refractivity contribution < 1.29 is 27.8 Å². The van der Waals surface area contributed by atoms with Gasteiger partial charge in [-0.1, -0.05) is 11.6 Å². The minimum Gasteiger partial charge on any atom is -0.488 e. The molecule has 2 aromatic carbocycles. The van der Waals surface area contributed by atoms with Crippen LogP contribution in [0.15, 0.2) is 53.7 Å². The fourth-order valence-corrected chi connectivity index (χ4v) is 3.51. The van der Waals surface area contributed by atoms with Crippen molar-refractivity contribution in [2.45, 2.75) is 11.0 Å². The molecule has 0 fully saturated rings. The van der Waals surface area contributed by atoms with Gasteiger partial charge in [0, 0.05) is 17.5 Å². The molecule has 1 atom stereocenters. The number of aromatic nitrogens is 2. The molecular weight excluding hydrogens is 423 g/mol. The Kier molecular flexibility index (Phi) is 6.23. The van der Waals surface area contributed by atoms with Crippen molar-refractivity contribution in [3.63, 3.8) is 0 Å². The molecule has 0 spiro atoms. The van der Waals surface area contributed by atoms with Crippen molar-refractivity contribution in [1.29, 1.82) is 0 Å². The SMILES string of the molecule is CS(=O)(=O)c1ccc(-n2cnc(Cl)c2-c2ccc(OCC(O)CO)c(F)c2)cc1. The smallest absolute Gasteiger partial charge is 0.175 e. The van der Waals surface area contributed by atoms with Gasteiger partial charge >= 0.3 is 0 Å². The molecule has 3 aromatic rings. The largest absolute Gasteiger partial charge is 0.488 e. The lowest BCUT2D eigenvalue weighted by molar-refractivity contribution is 0.0523. The van der Waals surface area contributed by atoms with Gasteiger partial charge in [0.05, 0.1) is 17.2 Å². The summed E-state index contributed by atoms with van der Waals surface area (Å²) in [7, 11) is -3.33. The zero-order chi connectivity index (χ0) is 21.2. The number of imidazole rings is 1. The maximum atomic E-state index is 14.4. The number of rotatable bonds is 7. The van der Waals surface area contributed by atoms with Gasteiger partial charge in [0.1, 0.15) is 19.0 Å². The van der Waals surface area contributed by atoms with E-state index in [0.717, 1.165) is 6.26 Å². The molecule has 0 aliphatic heterocycles. The van der Waals surface area contributed by atoms with Crippen molar-refractivity contribution >= 4 is 21.4 Å². The highest BCUT2D eigenvalue weighted by Crippen LogP contribution is 2.32. The van der Waals surface area contributed by atoms with E-state index in [4.69, 9.17) is 21.4 Å². The summed E-state index contributed by atoms with van der Waals surface area (Å²) in [4.78, 5) is 4.23. The van der Waals surface area contributed by atoms with Crippen LogP contribution in [0.4, 0.5) is 4.39 Å². The molecule has 0 saturated heterocycles. The van der Waals surface area contributed by atoms with Crippen LogP contribution in [0.2, 0.25) is 5.15 Å². The number of nitrogens with zero attached hydrogens (tertiary/aromatic N) is 2. The van der Waals surface area contributed by atoms with Gasteiger partial charge in [-0.25, -0.2) is 17.8 Å². The van der Waals surface area contributed by atoms with E-state index in [9.17, 15) is 17.9 Å². The zero-order valence-corrected chi connectivity index (χ0v) is 16.9. The minimum absolute atomic E-state index is 0.0825. The molecule has 1 heterocycles. The molecule has 0 radical (unpaired) electrons. The number of benzene rings is 2. The van der Waals surface area contributed by atoms with Crippen LogP contribution in [-0.2, 0) is 9.84 Å². The Morgan fingerprint density at radius 3 is 2.52 bits per heavy atom. The van der Waals surface area contributed by atoms with Gasteiger partial charge in [0.2, 0.25) is 0 Å². The second-order valence-corrected chi connectivity index (χ2v) is 8.69. The topological polar surface area (TPSA) is 102 Å². The van der Waals surface area contributed by atoms with Gasteiger partial charge in [0.15, 0.2) is 26.6 Å². The average molecular weight is 441 g/mol. The van der Waals surface area contributed by atoms with Crippen LogP contribution in [0, 0.1) is 5.82 Å². The molecule has 154 valence electrons. The standard InChI is InChI=1S/C19H18ClFN2O5S/c1-29(26,27)15-5-3-13(4-6-15)23-11-22-19(20)18(23)12-2-7-17(16(21)8-12)28-10-14(25)9-24/h2-8,11,14,24-25H,9-10H2,1H3. The predicted octanol–water partition coefficient (Wildman–Crippen LogP) is 2.47. The highest BCUT2D eigenvalue weighted by Gasteiger charge is 2.17. The van der Waals surface area contributed by atoms with Gasteiger partial charge in [-0.15, -0.1) is 0 Å². The van der Waals surface area contributed by atoms with Crippen molar-refractivity contribution in [2.75, 3.05) is 19.5 Å². The van der Waals surface area contributed by atoms with Gasteiger partial charge in [-0.2, -0.15) is 0 Å². The highest BCUT2D eigenvalue weighted by molar-refractivity contribution is 7.90. The molecule has 10 heteroatoms. The van der Waals surface area contributed by atoms with E-state index < -0.39 is 28.4 Å². The summed E-state index contributed by atoms with van der Waals surface area (Å²) in [5.74, 6) is -0.759. The van der Waals surface area contributed by atoms with Crippen LogP contribution in [0.3, 0.4) is 0 Å². The predicted molar refractivity (Wildman–Crippen MR) is 106 cm³/mol. The second kappa shape index (κ2) is 8.50. The Bertz CT molecular complexity index is 1120. The number of ether oxygens (including phenoxy) is 1. The van der Waals surface area contributed by atoms with Crippen LogP contribution >= 0.6 is 11.6 Å². The second-order valence-electron chi connectivity index (χ2n) is 6.31. The molecule has 0 bridgehead atoms. The van der Waals surface area contributed by atoms with Gasteiger partial charge in [0.25, 0.3) is 0 Å². The normalized spacial score (nSPS) is 12.7. The molecular formula is C19H18ClFN2O5S. The molecule has 29 heavy (non-hydrogen) atoms. The molecule has 1 aromatic heterocycles. The summed E-state index contributed by atoms with van der Waals surface area (Å²) in [5.41, 5.74) is 1.44. The third kappa shape index (κ3) is 4.76. The summed E-state index contributed by atoms with van der Waals surface area (Å²) < 4.78 is 44.5. The van der Waals surface area contributed by atoms with E-state index in [1.807, 2.05) is 0 Å². The van der Waals surface area contributed by atoms with E-state index in [2.05, 4.69) is 4.98 Å². The molecule has 1 unspecified atom stereocenters. The van der Waals surface area contributed by atoms with Crippen molar-refractivity contribution in [3.8, 4) is 22.7 Å². The molecule has 0 aliphatic carbocycles. The van der Waals surface area contributed by atoms with Crippen molar-refractivity contribution in [2.24, 2.45) is 0 Å². The summed E-state index contributed by atoms with van der Waals surface area (Å²) in [6.07, 6.45) is 1.46. The maximum Gasteiger partial charge on any atom is 0.175 e. The minimum atomic E-state index is -3.33. The lowest BCUT2D eigenvalue weighted by Crippen LogP contribution is -2.21. The number of hydrogen-bond acceptors (Lipinski definition) is 6. The Balaban J connectivity index is 1.95. The Morgan fingerprint density at radius 2 is 1.93 bits per heavy atom. The van der Waals surface area contributed by atoms with Crippen LogP contribution in [0.25, 0.3) is 16.9 Å². The van der Waals surface area contributed by atoms with E-state index in [1.165, 1.54) is 30.6 Å². The molecule has 3 rings (SSSR count). The number of sulfone groups is 1. The molecule has 0 aliphatic rings. The molecule has 0 saturated carbocycles. The van der Waals surface area contributed by atoms with Crippen LogP contribution in [0.1, 0.15) is 0 Å². The first-order chi connectivity index (χ1) is 13.7. The van der Waals surface area contributed by atoms with E-state index in [0.29, 0.717) is 16.9 Å². The number of halogens is 2. The Hall–Kier alpha value is -2.46. The quantitative estimate of drug-likeness (QED) is 0.585. The van der Waals surface area contributed by atoms with Crippen LogP contribution in [-0.4, -0.2) is 53.8 Å². The third-order valence-electron chi connectivity index (χ3n) is 4.11. The summed E-state index contributed by atoms with van der Waals surface area (Å²) in [5, 5.41) is 18.3. The molecule has 0 amide bonds. The maximum absolute atomic E-state index is 14.4. The summed E-state index contributed by atoms with van der Waals surface area (Å²) in [6.45, 7) is -0.745. The first-order valence-corrected chi connectivity index (χ1v) is 10.7. The van der Waals surface area contributed by atoms with E-state index in [-0.39, 0.29) is 22.4 Å². The first kappa shape index (κ1) is 21.3. The zero-order valence-electron chi connectivity index (χ0n) is 15.3. The number of aliphatic hydroxyl groups is 2. The lowest BCUT2D eigenvalue weighted by Gasteiger charge is -2.13. The van der Waals surface area contributed by atoms with Crippen molar-refractivity contribution in [3.05, 3.63) is 59.8 Å². The first-order valence-electron chi connectivity index (χ1n) is 8.45. The third-order valence-corrected chi connectivity index (χ3v) is 5.52. The fourth-order valence-electron chi connectivity index (χ4n) is 2.64.